The summed E-state index contributed by atoms with van der Waals surface area (Å²) in [4.78, 5) is 37.8. The van der Waals surface area contributed by atoms with Crippen LogP contribution in [0.5, 0.6) is 11.5 Å². The maximum absolute atomic E-state index is 12.5. The van der Waals surface area contributed by atoms with Crippen molar-refractivity contribution in [1.82, 2.24) is 5.16 Å². The van der Waals surface area contributed by atoms with Gasteiger partial charge in [-0.25, -0.2) is 4.79 Å². The van der Waals surface area contributed by atoms with E-state index < -0.39 is 24.4 Å². The summed E-state index contributed by atoms with van der Waals surface area (Å²) in [5.74, 6) is -0.441. The molecule has 4 rings (SSSR count). The fraction of sp³-hybridized carbons (Fsp3) is 0.333. The van der Waals surface area contributed by atoms with Crippen LogP contribution in [0.4, 0.5) is 5.00 Å². The smallest absolute Gasteiger partial charge is 0.338 e. The van der Waals surface area contributed by atoms with Crippen molar-refractivity contribution in [3.63, 3.8) is 0 Å². The van der Waals surface area contributed by atoms with Gasteiger partial charge in [0.25, 0.3) is 11.8 Å². The Bertz CT molecular complexity index is 1280. The normalized spacial score (nSPS) is 12.2. The van der Waals surface area contributed by atoms with Gasteiger partial charge in [-0.05, 0) is 56.9 Å². The standard InChI is InChI=1S/C24H25N3O7S/c1-12-16(13(2)34-27-12)10-32-17-8-7-14(9-18(17)31-3)24(30)33-11-20(28)26-23-21(22(25)29)15-5-4-6-19(15)35-23/h7-9H,4-6,10-11H2,1-3H3,(H2,25,29)(H,26,28). The molecule has 0 saturated carbocycles. The lowest BCUT2D eigenvalue weighted by molar-refractivity contribution is -0.119. The molecule has 3 aromatic rings. The highest BCUT2D eigenvalue weighted by molar-refractivity contribution is 7.17. The Morgan fingerprint density at radius 2 is 2.00 bits per heavy atom. The number of nitrogens with one attached hydrogen (secondary N) is 1. The highest BCUT2D eigenvalue weighted by Gasteiger charge is 2.26. The van der Waals surface area contributed by atoms with Gasteiger partial charge in [-0.1, -0.05) is 5.16 Å². The quantitative estimate of drug-likeness (QED) is 0.427. The second-order valence-corrected chi connectivity index (χ2v) is 9.11. The molecule has 0 fully saturated rings. The van der Waals surface area contributed by atoms with Gasteiger partial charge < -0.3 is 29.8 Å². The van der Waals surface area contributed by atoms with Gasteiger partial charge in [0.2, 0.25) is 0 Å². The van der Waals surface area contributed by atoms with E-state index in [4.69, 9.17) is 24.5 Å². The van der Waals surface area contributed by atoms with E-state index >= 15 is 0 Å². The minimum Gasteiger partial charge on any atom is -0.493 e. The van der Waals surface area contributed by atoms with Crippen LogP contribution in [-0.4, -0.2) is 36.7 Å². The molecule has 0 aliphatic heterocycles. The van der Waals surface area contributed by atoms with E-state index in [1.54, 1.807) is 13.0 Å². The number of methoxy groups -OCH3 is 1. The molecule has 0 radical (unpaired) electrons. The number of thiophene rings is 1. The van der Waals surface area contributed by atoms with Crippen LogP contribution in [0.25, 0.3) is 0 Å². The third kappa shape index (κ3) is 5.14. The van der Waals surface area contributed by atoms with Crippen molar-refractivity contribution in [2.45, 2.75) is 39.7 Å². The van der Waals surface area contributed by atoms with Crippen LogP contribution in [0, 0.1) is 13.8 Å². The van der Waals surface area contributed by atoms with Crippen molar-refractivity contribution < 1.29 is 33.1 Å². The molecule has 35 heavy (non-hydrogen) atoms. The molecule has 2 amide bonds. The Morgan fingerprint density at radius 3 is 2.69 bits per heavy atom. The number of nitrogens with zero attached hydrogens (tertiary/aromatic N) is 1. The fourth-order valence-corrected chi connectivity index (χ4v) is 5.21. The molecule has 11 heteroatoms. The highest BCUT2D eigenvalue weighted by atomic mass is 32.1. The summed E-state index contributed by atoms with van der Waals surface area (Å²) in [5.41, 5.74) is 8.51. The van der Waals surface area contributed by atoms with E-state index in [1.807, 2.05) is 6.92 Å². The first-order valence-electron chi connectivity index (χ1n) is 10.9. The molecule has 0 bridgehead atoms. The first-order valence-corrected chi connectivity index (χ1v) is 11.7. The first kappa shape index (κ1) is 24.3. The Hall–Kier alpha value is -3.86. The lowest BCUT2D eigenvalue weighted by Crippen LogP contribution is -2.22. The Morgan fingerprint density at radius 1 is 1.20 bits per heavy atom. The number of fused-ring (bicyclic) bond motifs is 1. The molecule has 3 N–H and O–H groups in total. The lowest BCUT2D eigenvalue weighted by Gasteiger charge is -2.12. The van der Waals surface area contributed by atoms with Crippen molar-refractivity contribution in [2.24, 2.45) is 5.73 Å². The molecule has 0 atom stereocenters. The number of esters is 1. The number of benzene rings is 1. The monoisotopic (exact) mass is 499 g/mol. The van der Waals surface area contributed by atoms with Crippen LogP contribution in [0.3, 0.4) is 0 Å². The van der Waals surface area contributed by atoms with E-state index in [9.17, 15) is 14.4 Å². The molecule has 1 aliphatic carbocycles. The Labute approximate surface area is 205 Å². The second-order valence-electron chi connectivity index (χ2n) is 8.01. The van der Waals surface area contributed by atoms with E-state index in [1.165, 1.54) is 30.6 Å². The number of ether oxygens (including phenoxy) is 3. The zero-order chi connectivity index (χ0) is 25.1. The number of hydrogen-bond acceptors (Lipinski definition) is 9. The third-order valence-corrected chi connectivity index (χ3v) is 6.91. The van der Waals surface area contributed by atoms with Crippen molar-refractivity contribution in [3.8, 4) is 11.5 Å². The van der Waals surface area contributed by atoms with Gasteiger partial charge in [-0.3, -0.25) is 9.59 Å². The van der Waals surface area contributed by atoms with Gasteiger partial charge in [-0.2, -0.15) is 0 Å². The van der Waals surface area contributed by atoms with Crippen molar-refractivity contribution in [3.05, 3.63) is 56.8 Å². The summed E-state index contributed by atoms with van der Waals surface area (Å²) in [5, 5.41) is 6.93. The predicted octanol–water partition coefficient (Wildman–Crippen LogP) is 3.32. The van der Waals surface area contributed by atoms with Crippen LogP contribution in [0.2, 0.25) is 0 Å². The van der Waals surface area contributed by atoms with Gasteiger partial charge in [-0.15, -0.1) is 11.3 Å². The van der Waals surface area contributed by atoms with Gasteiger partial charge in [0.1, 0.15) is 17.4 Å². The number of rotatable bonds is 9. The van der Waals surface area contributed by atoms with E-state index in [0.717, 1.165) is 41.0 Å². The topological polar surface area (TPSA) is 143 Å². The molecule has 2 heterocycles. The van der Waals surface area contributed by atoms with Crippen molar-refractivity contribution in [1.29, 1.82) is 0 Å². The van der Waals surface area contributed by atoms with E-state index in [2.05, 4.69) is 10.5 Å². The van der Waals surface area contributed by atoms with Gasteiger partial charge in [0, 0.05) is 4.88 Å². The van der Waals surface area contributed by atoms with Crippen LogP contribution in [-0.2, 0) is 29.0 Å². The fourth-order valence-electron chi connectivity index (χ4n) is 3.90. The molecular weight excluding hydrogens is 474 g/mol. The summed E-state index contributed by atoms with van der Waals surface area (Å²) in [7, 11) is 1.45. The zero-order valence-electron chi connectivity index (χ0n) is 19.6. The number of hydrogen-bond donors (Lipinski definition) is 2. The summed E-state index contributed by atoms with van der Waals surface area (Å²) < 4.78 is 21.4. The van der Waals surface area contributed by atoms with Crippen molar-refractivity contribution >= 4 is 34.1 Å². The number of carbonyl (C=O) groups excluding carboxylic acids is 3. The Balaban J connectivity index is 1.37. The number of amides is 2. The summed E-state index contributed by atoms with van der Waals surface area (Å²) >= 11 is 1.33. The lowest BCUT2D eigenvalue weighted by atomic mass is 10.1. The summed E-state index contributed by atoms with van der Waals surface area (Å²) in [6.45, 7) is 3.32. The van der Waals surface area contributed by atoms with Crippen LogP contribution >= 0.6 is 11.3 Å². The minimum absolute atomic E-state index is 0.187. The highest BCUT2D eigenvalue weighted by Crippen LogP contribution is 2.38. The van der Waals surface area contributed by atoms with Gasteiger partial charge in [0.05, 0.1) is 29.5 Å². The molecule has 1 aromatic carbocycles. The number of carbonyl (C=O) groups is 3. The number of nitrogens with two attached hydrogens (primary N) is 1. The molecule has 0 unspecified atom stereocenters. The molecule has 2 aromatic heterocycles. The minimum atomic E-state index is -0.709. The molecule has 0 spiro atoms. The molecule has 184 valence electrons. The summed E-state index contributed by atoms with van der Waals surface area (Å²) in [6, 6.07) is 4.57. The van der Waals surface area contributed by atoms with Gasteiger partial charge >= 0.3 is 5.97 Å². The SMILES string of the molecule is COc1cc(C(=O)OCC(=O)Nc2sc3c(c2C(N)=O)CCC3)ccc1OCc1c(C)noc1C. The average molecular weight is 500 g/mol. The van der Waals surface area contributed by atoms with Crippen LogP contribution in [0.15, 0.2) is 22.7 Å². The molecule has 1 aliphatic rings. The third-order valence-electron chi connectivity index (χ3n) is 5.71. The van der Waals surface area contributed by atoms with Gasteiger partial charge in [0.15, 0.2) is 18.1 Å². The number of aromatic nitrogens is 1. The number of anilines is 1. The van der Waals surface area contributed by atoms with Crippen molar-refractivity contribution in [2.75, 3.05) is 19.0 Å². The number of primary amides is 1. The summed E-state index contributed by atoms with van der Waals surface area (Å²) in [6.07, 6.45) is 2.57. The molecule has 0 saturated heterocycles. The average Bonchev–Trinajstić information content (AvgIpc) is 3.50. The van der Waals surface area contributed by atoms with Crippen LogP contribution in [0.1, 0.15) is 54.6 Å². The predicted molar refractivity (Wildman–Crippen MR) is 127 cm³/mol. The largest absolute Gasteiger partial charge is 0.493 e. The molecular formula is C24H25N3O7S. The zero-order valence-corrected chi connectivity index (χ0v) is 20.4. The first-order chi connectivity index (χ1) is 16.8. The maximum atomic E-state index is 12.5. The van der Waals surface area contributed by atoms with E-state index in [-0.39, 0.29) is 12.2 Å². The number of aryl methyl sites for hydroxylation is 3. The van der Waals surface area contributed by atoms with E-state index in [0.29, 0.717) is 27.8 Å². The second kappa shape index (κ2) is 10.2. The molecule has 10 nitrogen and oxygen atoms in total. The Kier molecular flexibility index (Phi) is 7.06. The van der Waals surface area contributed by atoms with Crippen LogP contribution < -0.4 is 20.5 Å². The maximum Gasteiger partial charge on any atom is 0.338 e.